The summed E-state index contributed by atoms with van der Waals surface area (Å²) in [5.41, 5.74) is 0.295. The normalized spacial score (nSPS) is 12.6. The number of likely N-dealkylation sites (tertiary alicyclic amines) is 1. The lowest BCUT2D eigenvalue weighted by molar-refractivity contribution is 0.0790. The van der Waals surface area contributed by atoms with Crippen LogP contribution in [0.4, 0.5) is 17.1 Å². The Labute approximate surface area is 198 Å². The number of nitrogens with zero attached hydrogens (tertiary/aromatic N) is 2. The summed E-state index contributed by atoms with van der Waals surface area (Å²) < 4.78 is 1.06. The van der Waals surface area contributed by atoms with E-state index in [9.17, 15) is 19.5 Å². The molecule has 0 atom stereocenters. The molecule has 0 spiro atoms. The van der Waals surface area contributed by atoms with Gasteiger partial charge >= 0.3 is 0 Å². The summed E-state index contributed by atoms with van der Waals surface area (Å²) in [6.07, 6.45) is 1.87. The molecule has 2 heterocycles. The van der Waals surface area contributed by atoms with Gasteiger partial charge in [0.25, 0.3) is 17.0 Å². The number of anilines is 3. The summed E-state index contributed by atoms with van der Waals surface area (Å²) in [6, 6.07) is 14.2. The zero-order valence-electron chi connectivity index (χ0n) is 19.7. The Kier molecular flexibility index (Phi) is 8.13. The maximum atomic E-state index is 12.8. The SMILES string of the molecule is CC.Cn1[nH]c(=O)c(NCc2ccccc2)c(Nc2cccc(C(=O)N3CCCC3)c2O)c1=O. The molecule has 2 aromatic carbocycles. The molecule has 1 fully saturated rings. The summed E-state index contributed by atoms with van der Waals surface area (Å²) in [7, 11) is 1.43. The van der Waals surface area contributed by atoms with E-state index in [1.54, 1.807) is 23.1 Å². The van der Waals surface area contributed by atoms with Gasteiger partial charge in [-0.3, -0.25) is 24.2 Å². The van der Waals surface area contributed by atoms with E-state index in [1.807, 2.05) is 44.2 Å². The predicted molar refractivity (Wildman–Crippen MR) is 134 cm³/mol. The number of nitrogens with one attached hydrogen (secondary N) is 3. The van der Waals surface area contributed by atoms with Crippen LogP contribution in [0, 0.1) is 0 Å². The van der Waals surface area contributed by atoms with Gasteiger partial charge < -0.3 is 20.6 Å². The summed E-state index contributed by atoms with van der Waals surface area (Å²) in [5.74, 6) is -0.523. The third kappa shape index (κ3) is 5.31. The second-order valence-electron chi connectivity index (χ2n) is 7.72. The molecule has 0 aliphatic carbocycles. The van der Waals surface area contributed by atoms with E-state index in [4.69, 9.17) is 0 Å². The van der Waals surface area contributed by atoms with Gasteiger partial charge in [0.1, 0.15) is 11.4 Å². The number of carbonyl (C=O) groups excluding carboxylic acids is 1. The van der Waals surface area contributed by atoms with Gasteiger partial charge in [0.15, 0.2) is 5.75 Å². The van der Waals surface area contributed by atoms with Crippen molar-refractivity contribution >= 4 is 23.0 Å². The topological polar surface area (TPSA) is 119 Å². The highest BCUT2D eigenvalue weighted by molar-refractivity contribution is 5.99. The average Bonchev–Trinajstić information content (AvgIpc) is 3.40. The van der Waals surface area contributed by atoms with Crippen LogP contribution in [0.25, 0.3) is 0 Å². The molecular weight excluding hydrogens is 434 g/mol. The fourth-order valence-electron chi connectivity index (χ4n) is 3.76. The number of para-hydroxylation sites is 1. The molecule has 1 aliphatic heterocycles. The van der Waals surface area contributed by atoms with Crippen molar-refractivity contribution in [1.82, 2.24) is 14.7 Å². The van der Waals surface area contributed by atoms with Crippen molar-refractivity contribution in [3.8, 4) is 5.75 Å². The highest BCUT2D eigenvalue weighted by atomic mass is 16.3. The van der Waals surface area contributed by atoms with E-state index in [2.05, 4.69) is 15.7 Å². The molecule has 0 bridgehead atoms. The number of hydrogen-bond acceptors (Lipinski definition) is 6. The molecule has 9 nitrogen and oxygen atoms in total. The molecule has 4 rings (SSSR count). The van der Waals surface area contributed by atoms with Gasteiger partial charge in [0.05, 0.1) is 11.3 Å². The first-order valence-electron chi connectivity index (χ1n) is 11.4. The zero-order valence-corrected chi connectivity index (χ0v) is 19.7. The third-order valence-electron chi connectivity index (χ3n) is 5.50. The van der Waals surface area contributed by atoms with Gasteiger partial charge in [-0.1, -0.05) is 50.2 Å². The minimum Gasteiger partial charge on any atom is -0.505 e. The molecule has 1 aliphatic rings. The highest BCUT2D eigenvalue weighted by Gasteiger charge is 2.24. The van der Waals surface area contributed by atoms with Crippen molar-refractivity contribution in [3.05, 3.63) is 80.4 Å². The number of benzene rings is 2. The van der Waals surface area contributed by atoms with Crippen molar-refractivity contribution in [2.45, 2.75) is 33.2 Å². The number of hydrogen-bond donors (Lipinski definition) is 4. The number of rotatable bonds is 6. The Morgan fingerprint density at radius 1 is 1.00 bits per heavy atom. The number of aromatic hydroxyl groups is 1. The largest absolute Gasteiger partial charge is 0.505 e. The van der Waals surface area contributed by atoms with Gasteiger partial charge in [-0.15, -0.1) is 0 Å². The second kappa shape index (κ2) is 11.2. The van der Waals surface area contributed by atoms with E-state index in [1.165, 1.54) is 7.05 Å². The molecular formula is C25H31N5O4. The average molecular weight is 466 g/mol. The number of aromatic amines is 1. The zero-order chi connectivity index (χ0) is 24.7. The monoisotopic (exact) mass is 465 g/mol. The van der Waals surface area contributed by atoms with E-state index in [-0.39, 0.29) is 34.3 Å². The number of aryl methyl sites for hydroxylation is 1. The van der Waals surface area contributed by atoms with Crippen molar-refractivity contribution < 1.29 is 9.90 Å². The minimum absolute atomic E-state index is 0.0201. The van der Waals surface area contributed by atoms with Crippen LogP contribution < -0.4 is 21.8 Å². The van der Waals surface area contributed by atoms with E-state index in [0.29, 0.717) is 19.6 Å². The van der Waals surface area contributed by atoms with Crippen LogP contribution in [0.1, 0.15) is 42.6 Å². The van der Waals surface area contributed by atoms with Crippen LogP contribution in [-0.4, -0.2) is 38.8 Å². The van der Waals surface area contributed by atoms with E-state index in [0.717, 1.165) is 23.1 Å². The molecule has 0 radical (unpaired) electrons. The lowest BCUT2D eigenvalue weighted by Gasteiger charge is -2.18. The van der Waals surface area contributed by atoms with Crippen LogP contribution in [0.2, 0.25) is 0 Å². The van der Waals surface area contributed by atoms with Crippen LogP contribution in [0.3, 0.4) is 0 Å². The predicted octanol–water partition coefficient (Wildman–Crippen LogP) is 3.40. The number of phenols is 1. The second-order valence-corrected chi connectivity index (χ2v) is 7.72. The summed E-state index contributed by atoms with van der Waals surface area (Å²) >= 11 is 0. The minimum atomic E-state index is -0.491. The Morgan fingerprint density at radius 2 is 1.68 bits per heavy atom. The van der Waals surface area contributed by atoms with Crippen LogP contribution >= 0.6 is 0 Å². The van der Waals surface area contributed by atoms with Gasteiger partial charge in [0, 0.05) is 26.7 Å². The molecule has 1 amide bonds. The van der Waals surface area contributed by atoms with Crippen molar-refractivity contribution in [3.63, 3.8) is 0 Å². The fourth-order valence-corrected chi connectivity index (χ4v) is 3.76. The van der Waals surface area contributed by atoms with Gasteiger partial charge in [0.2, 0.25) is 0 Å². The molecule has 1 aromatic heterocycles. The third-order valence-corrected chi connectivity index (χ3v) is 5.50. The van der Waals surface area contributed by atoms with Crippen LogP contribution in [0.15, 0.2) is 58.1 Å². The van der Waals surface area contributed by atoms with Gasteiger partial charge in [-0.05, 0) is 30.5 Å². The van der Waals surface area contributed by atoms with Crippen molar-refractivity contribution in [1.29, 1.82) is 0 Å². The maximum Gasteiger partial charge on any atom is 0.290 e. The Morgan fingerprint density at radius 3 is 2.35 bits per heavy atom. The van der Waals surface area contributed by atoms with Crippen molar-refractivity contribution in [2.24, 2.45) is 7.05 Å². The number of carbonyl (C=O) groups is 1. The van der Waals surface area contributed by atoms with Crippen LogP contribution in [0.5, 0.6) is 5.75 Å². The summed E-state index contributed by atoms with van der Waals surface area (Å²) in [5, 5.41) is 19.1. The first-order valence-corrected chi connectivity index (χ1v) is 11.4. The highest BCUT2D eigenvalue weighted by Crippen LogP contribution is 2.32. The summed E-state index contributed by atoms with van der Waals surface area (Å²) in [4.78, 5) is 39.9. The number of phenolic OH excluding ortho intramolecular Hbond substituents is 1. The number of amides is 1. The Hall–Kier alpha value is -4.01. The molecule has 180 valence electrons. The lowest BCUT2D eigenvalue weighted by atomic mass is 10.1. The van der Waals surface area contributed by atoms with Gasteiger partial charge in [-0.2, -0.15) is 0 Å². The molecule has 4 N–H and O–H groups in total. The molecule has 9 heteroatoms. The fraction of sp³-hybridized carbons (Fsp3) is 0.320. The summed E-state index contributed by atoms with van der Waals surface area (Å²) in [6.45, 7) is 5.63. The Balaban J connectivity index is 0.00000158. The molecule has 34 heavy (non-hydrogen) atoms. The first kappa shape index (κ1) is 24.6. The number of H-pyrrole nitrogens is 1. The molecule has 1 saturated heterocycles. The maximum absolute atomic E-state index is 12.8. The molecule has 0 unspecified atom stereocenters. The standard InChI is InChI=1S/C23H25N5O4.C2H6/c1-27-23(32)19(18(21(30)26-27)24-14-15-8-3-2-4-9-15)25-17-11-7-10-16(20(17)29)22(31)28-12-5-6-13-28;1-2/h2-4,7-11,24-25,29H,5-6,12-14H2,1H3,(H,26,30);1-2H3. The first-order chi connectivity index (χ1) is 16.5. The van der Waals surface area contributed by atoms with E-state index >= 15 is 0 Å². The smallest absolute Gasteiger partial charge is 0.290 e. The van der Waals surface area contributed by atoms with Crippen molar-refractivity contribution in [2.75, 3.05) is 23.7 Å². The van der Waals surface area contributed by atoms with E-state index < -0.39 is 11.1 Å². The number of aromatic nitrogens is 2. The quantitative estimate of drug-likeness (QED) is 0.414. The van der Waals surface area contributed by atoms with Crippen LogP contribution in [-0.2, 0) is 13.6 Å². The lowest BCUT2D eigenvalue weighted by Crippen LogP contribution is -2.32. The van der Waals surface area contributed by atoms with Gasteiger partial charge in [-0.25, -0.2) is 0 Å². The molecule has 0 saturated carbocycles. The Bertz CT molecular complexity index is 1240. The molecule has 3 aromatic rings.